The van der Waals surface area contributed by atoms with Crippen molar-refractivity contribution in [2.24, 2.45) is 11.8 Å². The van der Waals surface area contributed by atoms with Gasteiger partial charge in [-0.25, -0.2) is 0 Å². The lowest BCUT2D eigenvalue weighted by molar-refractivity contribution is -0.103. The second-order valence-electron chi connectivity index (χ2n) is 5.75. The summed E-state index contributed by atoms with van der Waals surface area (Å²) in [5.74, 6) is 6.22. The molecule has 3 unspecified atom stereocenters. The Hall–Kier alpha value is -0.650. The third kappa shape index (κ3) is 2.71. The van der Waals surface area contributed by atoms with Gasteiger partial charge in [-0.3, -0.25) is 11.3 Å². The molecule has 110 valence electrons. The summed E-state index contributed by atoms with van der Waals surface area (Å²) in [7, 11) is 0. The summed E-state index contributed by atoms with van der Waals surface area (Å²) in [5, 5.41) is 0.763. The zero-order valence-electron chi connectivity index (χ0n) is 11.5. The van der Waals surface area contributed by atoms with Crippen LogP contribution in [0.5, 0.6) is 0 Å². The van der Waals surface area contributed by atoms with Gasteiger partial charge in [0.25, 0.3) is 0 Å². The molecule has 0 aromatic heterocycles. The maximum absolute atomic E-state index is 6.32. The van der Waals surface area contributed by atoms with Crippen molar-refractivity contribution in [2.75, 3.05) is 19.8 Å². The molecule has 0 bridgehead atoms. The molecule has 1 aromatic carbocycles. The van der Waals surface area contributed by atoms with Gasteiger partial charge in [-0.05, 0) is 30.4 Å². The Balaban J connectivity index is 1.81. The van der Waals surface area contributed by atoms with E-state index in [9.17, 15) is 0 Å². The summed E-state index contributed by atoms with van der Waals surface area (Å²) in [5.41, 5.74) is 3.91. The molecule has 0 amide bonds. The van der Waals surface area contributed by atoms with E-state index in [0.29, 0.717) is 12.5 Å². The Labute approximate surface area is 124 Å². The fourth-order valence-corrected chi connectivity index (χ4v) is 3.67. The largest absolute Gasteiger partial charge is 0.378 e. The van der Waals surface area contributed by atoms with Gasteiger partial charge < -0.3 is 9.47 Å². The van der Waals surface area contributed by atoms with Crippen LogP contribution in [0.2, 0.25) is 5.02 Å². The molecule has 2 saturated heterocycles. The van der Waals surface area contributed by atoms with Crippen LogP contribution >= 0.6 is 11.6 Å². The van der Waals surface area contributed by atoms with Crippen LogP contribution in [0.1, 0.15) is 30.9 Å². The van der Waals surface area contributed by atoms with Crippen molar-refractivity contribution in [3.05, 3.63) is 34.9 Å². The first-order chi connectivity index (χ1) is 9.74. The van der Waals surface area contributed by atoms with E-state index >= 15 is 0 Å². The fraction of sp³-hybridized carbons (Fsp3) is 0.600. The number of hydrazine groups is 1. The molecule has 2 aliphatic heterocycles. The molecule has 0 saturated carbocycles. The van der Waals surface area contributed by atoms with E-state index in [4.69, 9.17) is 26.9 Å². The molecule has 0 aliphatic carbocycles. The summed E-state index contributed by atoms with van der Waals surface area (Å²) >= 11 is 6.32. The van der Waals surface area contributed by atoms with Gasteiger partial charge in [-0.2, -0.15) is 0 Å². The van der Waals surface area contributed by atoms with E-state index in [1.807, 2.05) is 24.3 Å². The molecule has 1 spiro atoms. The minimum Gasteiger partial charge on any atom is -0.378 e. The lowest BCUT2D eigenvalue weighted by atomic mass is 9.79. The highest BCUT2D eigenvalue weighted by molar-refractivity contribution is 6.31. The highest BCUT2D eigenvalue weighted by Crippen LogP contribution is 2.41. The van der Waals surface area contributed by atoms with E-state index in [1.165, 1.54) is 0 Å². The van der Waals surface area contributed by atoms with Crippen molar-refractivity contribution in [1.82, 2.24) is 5.43 Å². The third-order valence-corrected chi connectivity index (χ3v) is 4.83. The van der Waals surface area contributed by atoms with Gasteiger partial charge in [0.1, 0.15) is 0 Å². The highest BCUT2D eigenvalue weighted by atomic mass is 35.5. The molecule has 1 aromatic rings. The SMILES string of the molecule is NNC(c1ccccc1Cl)C1CCOC2(CCOC2)C1. The maximum Gasteiger partial charge on any atom is 0.0940 e. The van der Waals surface area contributed by atoms with Gasteiger partial charge in [-0.1, -0.05) is 29.8 Å². The van der Waals surface area contributed by atoms with Crippen molar-refractivity contribution in [1.29, 1.82) is 0 Å². The lowest BCUT2D eigenvalue weighted by Crippen LogP contribution is -2.45. The number of halogens is 1. The van der Waals surface area contributed by atoms with Crippen LogP contribution in [0.3, 0.4) is 0 Å². The Kier molecular flexibility index (Phi) is 4.29. The molecule has 0 radical (unpaired) electrons. The lowest BCUT2D eigenvalue weighted by Gasteiger charge is -2.40. The van der Waals surface area contributed by atoms with E-state index < -0.39 is 0 Å². The van der Waals surface area contributed by atoms with Crippen LogP contribution in [0.15, 0.2) is 24.3 Å². The fourth-order valence-electron chi connectivity index (χ4n) is 3.42. The van der Waals surface area contributed by atoms with Crippen LogP contribution in [0.4, 0.5) is 0 Å². The third-order valence-electron chi connectivity index (χ3n) is 4.49. The van der Waals surface area contributed by atoms with Crippen LogP contribution in [0, 0.1) is 5.92 Å². The number of nitrogens with two attached hydrogens (primary N) is 1. The molecule has 5 heteroatoms. The Morgan fingerprint density at radius 3 is 2.90 bits per heavy atom. The van der Waals surface area contributed by atoms with Gasteiger partial charge in [-0.15, -0.1) is 0 Å². The van der Waals surface area contributed by atoms with Crippen molar-refractivity contribution in [3.8, 4) is 0 Å². The van der Waals surface area contributed by atoms with Crippen LogP contribution in [-0.4, -0.2) is 25.4 Å². The summed E-state index contributed by atoms with van der Waals surface area (Å²) in [6, 6.07) is 7.95. The minimum atomic E-state index is -0.112. The normalized spacial score (nSPS) is 31.6. The van der Waals surface area contributed by atoms with Gasteiger partial charge in [0, 0.05) is 24.7 Å². The second kappa shape index (κ2) is 6.00. The number of rotatable bonds is 3. The summed E-state index contributed by atoms with van der Waals surface area (Å²) in [6.07, 6.45) is 2.93. The first kappa shape index (κ1) is 14.3. The molecule has 2 heterocycles. The average molecular weight is 297 g/mol. The number of hydrogen-bond donors (Lipinski definition) is 2. The Morgan fingerprint density at radius 1 is 1.35 bits per heavy atom. The molecule has 2 fully saturated rings. The topological polar surface area (TPSA) is 56.5 Å². The monoisotopic (exact) mass is 296 g/mol. The Morgan fingerprint density at radius 2 is 2.20 bits per heavy atom. The molecular weight excluding hydrogens is 276 g/mol. The smallest absolute Gasteiger partial charge is 0.0940 e. The van der Waals surface area contributed by atoms with Gasteiger partial charge >= 0.3 is 0 Å². The van der Waals surface area contributed by atoms with E-state index in [2.05, 4.69) is 5.43 Å². The zero-order chi connectivity index (χ0) is 14.0. The summed E-state index contributed by atoms with van der Waals surface area (Å²) in [6.45, 7) is 2.25. The quantitative estimate of drug-likeness (QED) is 0.664. The molecule has 4 nitrogen and oxygen atoms in total. The van der Waals surface area contributed by atoms with Gasteiger partial charge in [0.2, 0.25) is 0 Å². The van der Waals surface area contributed by atoms with Crippen LogP contribution in [-0.2, 0) is 9.47 Å². The average Bonchev–Trinajstić information content (AvgIpc) is 2.90. The first-order valence-corrected chi connectivity index (χ1v) is 7.54. The second-order valence-corrected chi connectivity index (χ2v) is 6.16. The van der Waals surface area contributed by atoms with Crippen molar-refractivity contribution < 1.29 is 9.47 Å². The molecule has 2 aliphatic rings. The van der Waals surface area contributed by atoms with Crippen LogP contribution in [0.25, 0.3) is 0 Å². The van der Waals surface area contributed by atoms with Crippen molar-refractivity contribution >= 4 is 11.6 Å². The standard InChI is InChI=1S/C15H21ClN2O2/c16-13-4-2-1-3-12(13)14(18-17)11-5-7-20-15(9-11)6-8-19-10-15/h1-4,11,14,18H,5-10,17H2. The molecule has 3 N–H and O–H groups in total. The van der Waals surface area contributed by atoms with Crippen molar-refractivity contribution in [2.45, 2.75) is 30.9 Å². The first-order valence-electron chi connectivity index (χ1n) is 7.16. The van der Waals surface area contributed by atoms with Gasteiger partial charge in [0.15, 0.2) is 0 Å². The molecule has 3 rings (SSSR count). The summed E-state index contributed by atoms with van der Waals surface area (Å²) < 4.78 is 11.5. The minimum absolute atomic E-state index is 0.0603. The number of ether oxygens (including phenoxy) is 2. The maximum atomic E-state index is 6.32. The Bertz CT molecular complexity index is 463. The highest BCUT2D eigenvalue weighted by Gasteiger charge is 2.43. The van der Waals surface area contributed by atoms with Gasteiger partial charge in [0.05, 0.1) is 18.2 Å². The van der Waals surface area contributed by atoms with Crippen molar-refractivity contribution in [3.63, 3.8) is 0 Å². The van der Waals surface area contributed by atoms with E-state index in [0.717, 1.165) is 43.1 Å². The predicted molar refractivity (Wildman–Crippen MR) is 78.4 cm³/mol. The molecular formula is C15H21ClN2O2. The van der Waals surface area contributed by atoms with E-state index in [1.54, 1.807) is 0 Å². The predicted octanol–water partition coefficient (Wildman–Crippen LogP) is 2.43. The zero-order valence-corrected chi connectivity index (χ0v) is 12.2. The molecule has 3 atom stereocenters. The summed E-state index contributed by atoms with van der Waals surface area (Å²) in [4.78, 5) is 0. The number of benzene rings is 1. The number of hydrogen-bond acceptors (Lipinski definition) is 4. The number of nitrogens with one attached hydrogen (secondary N) is 1. The van der Waals surface area contributed by atoms with Crippen LogP contribution < -0.4 is 11.3 Å². The molecule has 20 heavy (non-hydrogen) atoms. The van der Waals surface area contributed by atoms with E-state index in [-0.39, 0.29) is 11.6 Å².